The van der Waals surface area contributed by atoms with Crippen molar-refractivity contribution < 1.29 is 20.1 Å². The maximum Gasteiger partial charge on any atom is 0.166 e. The highest BCUT2D eigenvalue weighted by Gasteiger charge is 2.44. The van der Waals surface area contributed by atoms with Crippen molar-refractivity contribution in [2.24, 2.45) is 0 Å². The highest BCUT2D eigenvalue weighted by atomic mass is 16.6. The van der Waals surface area contributed by atoms with Crippen LogP contribution in [-0.4, -0.2) is 59.8 Å². The molecule has 1 aliphatic rings. The monoisotopic (exact) mass is 328 g/mol. The number of aromatic nitrogens is 4. The molecule has 0 amide bonds. The predicted octanol–water partition coefficient (Wildman–Crippen LogP) is 0.105. The first kappa shape index (κ1) is 15.2. The summed E-state index contributed by atoms with van der Waals surface area (Å²) in [4.78, 5) is 12.9. The van der Waals surface area contributed by atoms with Gasteiger partial charge in [0, 0.05) is 5.56 Å². The van der Waals surface area contributed by atoms with E-state index in [0.29, 0.717) is 16.9 Å². The minimum absolute atomic E-state index is 0.383. The van der Waals surface area contributed by atoms with E-state index in [2.05, 4.69) is 15.0 Å². The van der Waals surface area contributed by atoms with Crippen molar-refractivity contribution in [2.45, 2.75) is 24.5 Å². The SMILES string of the molecule is OC[C@H]1OC(n2cnc3c(-c4ccccc4)ncnc32)[C@H](O)[C@@H]1O. The van der Waals surface area contributed by atoms with Crippen molar-refractivity contribution in [3.63, 3.8) is 0 Å². The Bertz CT molecular complexity index is 854. The predicted molar refractivity (Wildman–Crippen MR) is 83.8 cm³/mol. The maximum atomic E-state index is 10.2. The molecule has 4 rings (SSSR count). The first-order valence-electron chi connectivity index (χ1n) is 7.56. The van der Waals surface area contributed by atoms with E-state index in [4.69, 9.17) is 4.74 Å². The number of aliphatic hydroxyl groups is 3. The Balaban J connectivity index is 1.80. The van der Waals surface area contributed by atoms with Crippen molar-refractivity contribution >= 4 is 11.2 Å². The van der Waals surface area contributed by atoms with E-state index in [1.807, 2.05) is 30.3 Å². The lowest BCUT2D eigenvalue weighted by atomic mass is 10.1. The first-order valence-corrected chi connectivity index (χ1v) is 7.56. The number of aliphatic hydroxyl groups excluding tert-OH is 3. The Morgan fingerprint density at radius 3 is 2.54 bits per heavy atom. The molecule has 8 heteroatoms. The lowest BCUT2D eigenvalue weighted by molar-refractivity contribution is -0.0511. The Morgan fingerprint density at radius 1 is 1.04 bits per heavy atom. The normalized spacial score (nSPS) is 27.0. The van der Waals surface area contributed by atoms with Crippen molar-refractivity contribution in [1.29, 1.82) is 0 Å². The van der Waals surface area contributed by atoms with Crippen LogP contribution in [-0.2, 0) is 4.74 Å². The molecule has 1 unspecified atom stereocenters. The fourth-order valence-electron chi connectivity index (χ4n) is 2.96. The lowest BCUT2D eigenvalue weighted by Crippen LogP contribution is -2.33. The zero-order valence-electron chi connectivity index (χ0n) is 12.6. The molecule has 8 nitrogen and oxygen atoms in total. The van der Waals surface area contributed by atoms with Crippen LogP contribution in [0.3, 0.4) is 0 Å². The number of rotatable bonds is 3. The van der Waals surface area contributed by atoms with Crippen molar-refractivity contribution in [1.82, 2.24) is 19.5 Å². The molecule has 124 valence electrons. The second-order valence-corrected chi connectivity index (χ2v) is 5.64. The molecule has 3 aromatic rings. The topological polar surface area (TPSA) is 114 Å². The van der Waals surface area contributed by atoms with Crippen LogP contribution in [0.5, 0.6) is 0 Å². The van der Waals surface area contributed by atoms with Gasteiger partial charge >= 0.3 is 0 Å². The van der Waals surface area contributed by atoms with E-state index in [1.54, 1.807) is 4.57 Å². The van der Waals surface area contributed by atoms with Crippen LogP contribution in [0.1, 0.15) is 6.23 Å². The minimum atomic E-state index is -1.19. The quantitative estimate of drug-likeness (QED) is 0.625. The summed E-state index contributed by atoms with van der Waals surface area (Å²) in [5, 5.41) is 29.4. The average Bonchev–Trinajstić information content (AvgIpc) is 3.17. The van der Waals surface area contributed by atoms with Gasteiger partial charge in [0.2, 0.25) is 0 Å². The third-order valence-corrected chi connectivity index (χ3v) is 4.20. The summed E-state index contributed by atoms with van der Waals surface area (Å²) in [6.45, 7) is -0.383. The van der Waals surface area contributed by atoms with Gasteiger partial charge in [-0.25, -0.2) is 15.0 Å². The molecule has 0 saturated carbocycles. The highest BCUT2D eigenvalue weighted by molar-refractivity contribution is 5.87. The third kappa shape index (κ3) is 2.28. The summed E-state index contributed by atoms with van der Waals surface area (Å²) in [6.07, 6.45) is -1.17. The van der Waals surface area contributed by atoms with E-state index < -0.39 is 24.5 Å². The van der Waals surface area contributed by atoms with Crippen LogP contribution in [0.25, 0.3) is 22.4 Å². The third-order valence-electron chi connectivity index (χ3n) is 4.20. The second kappa shape index (κ2) is 5.91. The summed E-state index contributed by atoms with van der Waals surface area (Å²) < 4.78 is 7.09. The van der Waals surface area contributed by atoms with Crippen LogP contribution < -0.4 is 0 Å². The standard InChI is InChI=1S/C16H16N4O4/c21-6-10-13(22)14(23)16(24-10)20-8-19-12-11(17-7-18-15(12)20)9-4-2-1-3-5-9/h1-5,7-8,10,13-14,16,21-23H,6H2/t10-,13-,14-,16?/m1/s1. The smallest absolute Gasteiger partial charge is 0.166 e. The number of hydrogen-bond acceptors (Lipinski definition) is 7. The van der Waals surface area contributed by atoms with Crippen molar-refractivity contribution in [2.75, 3.05) is 6.61 Å². The van der Waals surface area contributed by atoms with Crippen LogP contribution >= 0.6 is 0 Å². The number of imidazole rings is 1. The Morgan fingerprint density at radius 2 is 1.83 bits per heavy atom. The van der Waals surface area contributed by atoms with Gasteiger partial charge in [-0.15, -0.1) is 0 Å². The van der Waals surface area contributed by atoms with Gasteiger partial charge in [-0.2, -0.15) is 0 Å². The molecule has 0 spiro atoms. The summed E-state index contributed by atoms with van der Waals surface area (Å²) in [5.74, 6) is 0. The fourth-order valence-corrected chi connectivity index (χ4v) is 2.96. The van der Waals surface area contributed by atoms with E-state index in [1.165, 1.54) is 12.7 Å². The van der Waals surface area contributed by atoms with Gasteiger partial charge in [0.1, 0.15) is 35.8 Å². The summed E-state index contributed by atoms with van der Waals surface area (Å²) in [7, 11) is 0. The highest BCUT2D eigenvalue weighted by Crippen LogP contribution is 2.32. The van der Waals surface area contributed by atoms with Gasteiger partial charge in [-0.1, -0.05) is 30.3 Å². The minimum Gasteiger partial charge on any atom is -0.394 e. The molecule has 1 fully saturated rings. The zero-order chi connectivity index (χ0) is 16.7. The molecular weight excluding hydrogens is 312 g/mol. The van der Waals surface area contributed by atoms with Crippen molar-refractivity contribution in [3.05, 3.63) is 43.0 Å². The van der Waals surface area contributed by atoms with Gasteiger partial charge < -0.3 is 20.1 Å². The summed E-state index contributed by atoms with van der Waals surface area (Å²) in [5.41, 5.74) is 2.63. The number of hydrogen-bond donors (Lipinski definition) is 3. The van der Waals surface area contributed by atoms with E-state index in [-0.39, 0.29) is 6.61 Å². The molecule has 2 aromatic heterocycles. The number of nitrogens with zero attached hydrogens (tertiary/aromatic N) is 4. The van der Waals surface area contributed by atoms with E-state index in [0.717, 1.165) is 5.56 Å². The molecule has 1 aliphatic heterocycles. The number of benzene rings is 1. The molecular formula is C16H16N4O4. The summed E-state index contributed by atoms with van der Waals surface area (Å²) >= 11 is 0. The Kier molecular flexibility index (Phi) is 3.73. The van der Waals surface area contributed by atoms with Gasteiger partial charge in [0.15, 0.2) is 11.9 Å². The van der Waals surface area contributed by atoms with Gasteiger partial charge in [-0.05, 0) is 0 Å². The molecule has 0 bridgehead atoms. The maximum absolute atomic E-state index is 10.2. The molecule has 4 atom stereocenters. The Labute approximate surface area is 137 Å². The van der Waals surface area contributed by atoms with Gasteiger partial charge in [0.05, 0.1) is 12.9 Å². The molecule has 0 aliphatic carbocycles. The molecule has 24 heavy (non-hydrogen) atoms. The van der Waals surface area contributed by atoms with Crippen molar-refractivity contribution in [3.8, 4) is 11.3 Å². The zero-order valence-corrected chi connectivity index (χ0v) is 12.6. The molecule has 3 heterocycles. The van der Waals surface area contributed by atoms with Gasteiger partial charge in [-0.3, -0.25) is 4.57 Å². The molecule has 3 N–H and O–H groups in total. The van der Waals surface area contributed by atoms with Crippen LogP contribution in [0.2, 0.25) is 0 Å². The van der Waals surface area contributed by atoms with E-state index in [9.17, 15) is 15.3 Å². The molecule has 1 aromatic carbocycles. The number of fused-ring (bicyclic) bond motifs is 1. The summed E-state index contributed by atoms with van der Waals surface area (Å²) in [6, 6.07) is 9.58. The Hall–Kier alpha value is -2.39. The van der Waals surface area contributed by atoms with Crippen LogP contribution in [0, 0.1) is 0 Å². The fraction of sp³-hybridized carbons (Fsp3) is 0.312. The van der Waals surface area contributed by atoms with E-state index >= 15 is 0 Å². The lowest BCUT2D eigenvalue weighted by Gasteiger charge is -2.16. The van der Waals surface area contributed by atoms with Crippen LogP contribution in [0.4, 0.5) is 0 Å². The number of ether oxygens (including phenoxy) is 1. The average molecular weight is 328 g/mol. The molecule has 0 radical (unpaired) electrons. The second-order valence-electron chi connectivity index (χ2n) is 5.64. The van der Waals surface area contributed by atoms with Gasteiger partial charge in [0.25, 0.3) is 0 Å². The first-order chi connectivity index (χ1) is 11.7. The van der Waals surface area contributed by atoms with Crippen LogP contribution in [0.15, 0.2) is 43.0 Å². The molecule has 1 saturated heterocycles. The largest absolute Gasteiger partial charge is 0.394 e.